The molecule has 1 fully saturated rings. The zero-order chi connectivity index (χ0) is 13.8. The van der Waals surface area contributed by atoms with Crippen molar-refractivity contribution in [2.75, 3.05) is 13.1 Å². The zero-order valence-electron chi connectivity index (χ0n) is 11.2. The molecule has 1 aliphatic heterocycles. The van der Waals surface area contributed by atoms with Crippen molar-refractivity contribution in [1.29, 1.82) is 0 Å². The minimum absolute atomic E-state index is 0.0426. The van der Waals surface area contributed by atoms with Crippen LogP contribution in [-0.4, -0.2) is 33.6 Å². The van der Waals surface area contributed by atoms with Gasteiger partial charge in [0.1, 0.15) is 0 Å². The Morgan fingerprint density at radius 2 is 2.50 bits per heavy atom. The van der Waals surface area contributed by atoms with Gasteiger partial charge >= 0.3 is 6.03 Å². The van der Waals surface area contributed by atoms with E-state index in [1.807, 2.05) is 21.7 Å². The number of imidazole rings is 1. The Balaban J connectivity index is 1.53. The monoisotopic (exact) mass is 290 g/mol. The fourth-order valence-corrected chi connectivity index (χ4v) is 3.47. The highest BCUT2D eigenvalue weighted by molar-refractivity contribution is 7.10. The Kier molecular flexibility index (Phi) is 4.01. The van der Waals surface area contributed by atoms with Crippen LogP contribution < -0.4 is 5.32 Å². The number of rotatable bonds is 4. The summed E-state index contributed by atoms with van der Waals surface area (Å²) in [5.74, 6) is 0. The number of nitrogens with one attached hydrogen (secondary N) is 1. The predicted octanol–water partition coefficient (Wildman–Crippen LogP) is 2.49. The average Bonchev–Trinajstić information content (AvgIpc) is 3.19. The molecule has 3 heterocycles. The summed E-state index contributed by atoms with van der Waals surface area (Å²) < 4.78 is 1.96. The van der Waals surface area contributed by atoms with Crippen LogP contribution in [-0.2, 0) is 6.54 Å². The Bertz CT molecular complexity index is 538. The van der Waals surface area contributed by atoms with Gasteiger partial charge in [-0.25, -0.2) is 9.78 Å². The number of urea groups is 1. The number of likely N-dealkylation sites (tertiary alicyclic amines) is 1. The normalized spacial score (nSPS) is 18.4. The predicted molar refractivity (Wildman–Crippen MR) is 78.6 cm³/mol. The number of thiophene rings is 1. The van der Waals surface area contributed by atoms with Crippen LogP contribution in [0, 0.1) is 0 Å². The second-order valence-corrected chi connectivity index (χ2v) is 5.88. The zero-order valence-corrected chi connectivity index (χ0v) is 12.1. The molecule has 2 amide bonds. The summed E-state index contributed by atoms with van der Waals surface area (Å²) in [4.78, 5) is 19.5. The van der Waals surface area contributed by atoms with Crippen molar-refractivity contribution in [2.45, 2.75) is 25.4 Å². The number of hydrogen-bond donors (Lipinski definition) is 1. The SMILES string of the molecule is O=C(NCCn1ccnc1)N1CCC[C@H]1c1cccs1. The second-order valence-electron chi connectivity index (χ2n) is 4.90. The summed E-state index contributed by atoms with van der Waals surface area (Å²) in [7, 11) is 0. The van der Waals surface area contributed by atoms with Crippen LogP contribution >= 0.6 is 11.3 Å². The van der Waals surface area contributed by atoms with Crippen LogP contribution in [0.2, 0.25) is 0 Å². The highest BCUT2D eigenvalue weighted by Gasteiger charge is 2.30. The van der Waals surface area contributed by atoms with Gasteiger partial charge in [-0.1, -0.05) is 6.07 Å². The average molecular weight is 290 g/mol. The molecule has 2 aromatic heterocycles. The third kappa shape index (κ3) is 2.85. The molecule has 0 bridgehead atoms. The third-order valence-electron chi connectivity index (χ3n) is 3.59. The van der Waals surface area contributed by atoms with E-state index in [9.17, 15) is 4.79 Å². The molecule has 0 radical (unpaired) electrons. The highest BCUT2D eigenvalue weighted by Crippen LogP contribution is 2.34. The summed E-state index contributed by atoms with van der Waals surface area (Å²) in [5.41, 5.74) is 0. The van der Waals surface area contributed by atoms with E-state index in [1.54, 1.807) is 23.9 Å². The second kappa shape index (κ2) is 6.09. The lowest BCUT2D eigenvalue weighted by molar-refractivity contribution is 0.193. The van der Waals surface area contributed by atoms with Crippen LogP contribution in [0.4, 0.5) is 4.79 Å². The van der Waals surface area contributed by atoms with Gasteiger partial charge in [0.05, 0.1) is 12.4 Å². The first-order chi connectivity index (χ1) is 9.84. The molecule has 2 aromatic rings. The van der Waals surface area contributed by atoms with E-state index in [1.165, 1.54) is 4.88 Å². The maximum Gasteiger partial charge on any atom is 0.318 e. The van der Waals surface area contributed by atoms with E-state index in [4.69, 9.17) is 0 Å². The van der Waals surface area contributed by atoms with Gasteiger partial charge in [0, 0.05) is 36.9 Å². The molecule has 0 saturated carbocycles. The number of carbonyl (C=O) groups is 1. The van der Waals surface area contributed by atoms with E-state index in [0.717, 1.165) is 25.9 Å². The van der Waals surface area contributed by atoms with Crippen molar-refractivity contribution in [3.8, 4) is 0 Å². The van der Waals surface area contributed by atoms with Gasteiger partial charge in [0.25, 0.3) is 0 Å². The Labute approximate surface area is 122 Å². The molecule has 5 nitrogen and oxygen atoms in total. The number of aromatic nitrogens is 2. The van der Waals surface area contributed by atoms with E-state index < -0.39 is 0 Å². The Morgan fingerprint density at radius 3 is 3.25 bits per heavy atom. The van der Waals surface area contributed by atoms with Gasteiger partial charge in [-0.15, -0.1) is 11.3 Å². The highest BCUT2D eigenvalue weighted by atomic mass is 32.1. The molecule has 1 aliphatic rings. The van der Waals surface area contributed by atoms with E-state index in [0.29, 0.717) is 6.54 Å². The van der Waals surface area contributed by atoms with Crippen molar-refractivity contribution in [3.63, 3.8) is 0 Å². The smallest absolute Gasteiger partial charge is 0.318 e. The third-order valence-corrected chi connectivity index (χ3v) is 4.56. The summed E-state index contributed by atoms with van der Waals surface area (Å²) in [6.45, 7) is 2.23. The lowest BCUT2D eigenvalue weighted by Gasteiger charge is -2.24. The molecule has 20 heavy (non-hydrogen) atoms. The first kappa shape index (κ1) is 13.2. The van der Waals surface area contributed by atoms with Crippen LogP contribution in [0.15, 0.2) is 36.2 Å². The maximum atomic E-state index is 12.3. The van der Waals surface area contributed by atoms with Gasteiger partial charge in [-0.05, 0) is 24.3 Å². The van der Waals surface area contributed by atoms with Gasteiger partial charge < -0.3 is 14.8 Å². The molecule has 0 aliphatic carbocycles. The lowest BCUT2D eigenvalue weighted by atomic mass is 10.2. The van der Waals surface area contributed by atoms with Crippen molar-refractivity contribution in [3.05, 3.63) is 41.1 Å². The van der Waals surface area contributed by atoms with Crippen LogP contribution in [0.1, 0.15) is 23.8 Å². The van der Waals surface area contributed by atoms with Gasteiger partial charge in [0.15, 0.2) is 0 Å². The van der Waals surface area contributed by atoms with Crippen LogP contribution in [0.3, 0.4) is 0 Å². The fraction of sp³-hybridized carbons (Fsp3) is 0.429. The van der Waals surface area contributed by atoms with Crippen molar-refractivity contribution in [1.82, 2.24) is 19.8 Å². The summed E-state index contributed by atoms with van der Waals surface area (Å²) >= 11 is 1.73. The number of hydrogen-bond acceptors (Lipinski definition) is 3. The topological polar surface area (TPSA) is 50.2 Å². The summed E-state index contributed by atoms with van der Waals surface area (Å²) in [6, 6.07) is 4.46. The molecule has 3 rings (SSSR count). The summed E-state index contributed by atoms with van der Waals surface area (Å²) in [5, 5.41) is 5.07. The molecule has 6 heteroatoms. The molecule has 1 atom stereocenters. The first-order valence-electron chi connectivity index (χ1n) is 6.88. The summed E-state index contributed by atoms with van der Waals surface area (Å²) in [6.07, 6.45) is 7.55. The van der Waals surface area contributed by atoms with Gasteiger partial charge in [-0.3, -0.25) is 0 Å². The molecule has 0 aromatic carbocycles. The number of carbonyl (C=O) groups excluding carboxylic acids is 1. The molecular weight excluding hydrogens is 272 g/mol. The van der Waals surface area contributed by atoms with E-state index >= 15 is 0 Å². The molecule has 0 unspecified atom stereocenters. The van der Waals surface area contributed by atoms with Crippen molar-refractivity contribution >= 4 is 17.4 Å². The van der Waals surface area contributed by atoms with Crippen LogP contribution in [0.5, 0.6) is 0 Å². The molecular formula is C14H18N4OS. The molecule has 1 saturated heterocycles. The van der Waals surface area contributed by atoms with Crippen molar-refractivity contribution in [2.24, 2.45) is 0 Å². The number of nitrogens with zero attached hydrogens (tertiary/aromatic N) is 3. The van der Waals surface area contributed by atoms with Gasteiger partial charge in [0.2, 0.25) is 0 Å². The van der Waals surface area contributed by atoms with Crippen LogP contribution in [0.25, 0.3) is 0 Å². The molecule has 106 valence electrons. The molecule has 1 N–H and O–H groups in total. The van der Waals surface area contributed by atoms with Crippen molar-refractivity contribution < 1.29 is 4.79 Å². The minimum Gasteiger partial charge on any atom is -0.336 e. The Hall–Kier alpha value is -1.82. The van der Waals surface area contributed by atoms with E-state index in [-0.39, 0.29) is 12.1 Å². The first-order valence-corrected chi connectivity index (χ1v) is 7.76. The quantitative estimate of drug-likeness (QED) is 0.940. The minimum atomic E-state index is 0.0426. The fourth-order valence-electron chi connectivity index (χ4n) is 2.60. The standard InChI is InChI=1S/C14H18N4OS/c19-14(16-6-9-17-8-5-15-11-17)18-7-1-3-12(18)13-4-2-10-20-13/h2,4-5,8,10-12H,1,3,6-7,9H2,(H,16,19)/t12-/m0/s1. The largest absolute Gasteiger partial charge is 0.336 e. The van der Waals surface area contributed by atoms with E-state index in [2.05, 4.69) is 21.7 Å². The lowest BCUT2D eigenvalue weighted by Crippen LogP contribution is -2.40. The Morgan fingerprint density at radius 1 is 1.55 bits per heavy atom. The maximum absolute atomic E-state index is 12.3. The molecule has 0 spiro atoms. The van der Waals surface area contributed by atoms with Gasteiger partial charge in [-0.2, -0.15) is 0 Å². The number of amides is 2.